The van der Waals surface area contributed by atoms with Crippen molar-refractivity contribution in [1.29, 1.82) is 0 Å². The summed E-state index contributed by atoms with van der Waals surface area (Å²) in [7, 11) is 0. The average molecular weight is 957 g/mol. The number of aliphatic hydroxyl groups is 8. The molecule has 0 radical (unpaired) electrons. The van der Waals surface area contributed by atoms with Gasteiger partial charge in [-0.2, -0.15) is 0 Å². The van der Waals surface area contributed by atoms with Crippen LogP contribution in [-0.2, 0) is 57.0 Å². The lowest BCUT2D eigenvalue weighted by molar-refractivity contribution is -0.393. The molecule has 0 unspecified atom stereocenters. The van der Waals surface area contributed by atoms with Gasteiger partial charge in [0, 0.05) is 19.9 Å². The maximum Gasteiger partial charge on any atom is 0.331 e. The first-order chi connectivity index (χ1) is 31.8. The van der Waals surface area contributed by atoms with Crippen LogP contribution in [0.2, 0.25) is 0 Å². The molecule has 20 nitrogen and oxygen atoms in total. The van der Waals surface area contributed by atoms with Gasteiger partial charge in [-0.3, -0.25) is 9.59 Å². The number of cyclic esters (lactones) is 1. The van der Waals surface area contributed by atoms with Gasteiger partial charge >= 0.3 is 17.9 Å². The van der Waals surface area contributed by atoms with Crippen LogP contribution in [0.25, 0.3) is 0 Å². The first-order valence-corrected chi connectivity index (χ1v) is 22.8. The van der Waals surface area contributed by atoms with Crippen LogP contribution in [0.4, 0.5) is 0 Å². The van der Waals surface area contributed by atoms with Gasteiger partial charge in [0.1, 0.15) is 93.1 Å². The molecule has 4 aliphatic rings. The molecule has 0 saturated carbocycles. The van der Waals surface area contributed by atoms with Crippen molar-refractivity contribution in [3.05, 3.63) is 58.2 Å². The summed E-state index contributed by atoms with van der Waals surface area (Å²) in [5.74, 6) is -1.76. The third-order valence-corrected chi connectivity index (χ3v) is 11.8. The van der Waals surface area contributed by atoms with Crippen molar-refractivity contribution in [2.45, 2.75) is 185 Å². The summed E-state index contributed by atoms with van der Waals surface area (Å²) in [5.41, 5.74) is 5.46. The highest BCUT2D eigenvalue weighted by Gasteiger charge is 2.54. The van der Waals surface area contributed by atoms with Gasteiger partial charge in [0.15, 0.2) is 18.9 Å². The summed E-state index contributed by atoms with van der Waals surface area (Å²) in [5, 5.41) is 87.2. The van der Waals surface area contributed by atoms with Crippen LogP contribution >= 0.6 is 0 Å². The van der Waals surface area contributed by atoms with Gasteiger partial charge < -0.3 is 83.5 Å². The summed E-state index contributed by atoms with van der Waals surface area (Å²) >= 11 is 0. The maximum atomic E-state index is 11.7. The molecule has 0 amide bonds. The summed E-state index contributed by atoms with van der Waals surface area (Å²) in [4.78, 5) is 34.5. The molecular formula is C47H72O20. The topological polar surface area (TPSA) is 296 Å². The third-order valence-electron chi connectivity index (χ3n) is 11.8. The Balaban J connectivity index is 1.51. The Morgan fingerprint density at radius 3 is 1.69 bits per heavy atom. The van der Waals surface area contributed by atoms with Crippen molar-refractivity contribution in [2.24, 2.45) is 0 Å². The minimum Gasteiger partial charge on any atom is -0.463 e. The Morgan fingerprint density at radius 1 is 0.612 bits per heavy atom. The molecule has 3 fully saturated rings. The molecule has 0 aromatic heterocycles. The van der Waals surface area contributed by atoms with Gasteiger partial charge in [-0.25, -0.2) is 4.79 Å². The van der Waals surface area contributed by atoms with Crippen molar-refractivity contribution in [3.8, 4) is 0 Å². The standard InChI is InChI=1S/C47H72O20/c1-25(2)11-7-16-30(17-9-14-26(3)12-8-13-27(4)15-10-18-31-19-35(51)61-22-31)21-62-46-43(40(56)36(52)32(20-48)63-46)67-47-44(41(57)38(54)34(65-47)24-60-29(6)50)66-45-42(58)39(55)37(53)33(64-45)23-59-28(5)49/h11-12,15,17,19,32-34,36-48,52-58H,7-10,13-14,16,18,20-24H2,1-6H3/b26-12+,27-15+,30-17-/t32-,33-,34-,36-,37-,38-,39+,40+,41+,42-,43-,44-,45+,46-,47+/m1/s1. The van der Waals surface area contributed by atoms with Crippen LogP contribution in [0.5, 0.6) is 0 Å². The van der Waals surface area contributed by atoms with E-state index in [4.69, 9.17) is 42.6 Å². The van der Waals surface area contributed by atoms with E-state index in [2.05, 4.69) is 38.2 Å². The van der Waals surface area contributed by atoms with Gasteiger partial charge in [0.2, 0.25) is 0 Å². The zero-order valence-corrected chi connectivity index (χ0v) is 39.2. The van der Waals surface area contributed by atoms with E-state index < -0.39 is 124 Å². The van der Waals surface area contributed by atoms with Crippen LogP contribution in [0.1, 0.15) is 92.9 Å². The predicted molar refractivity (Wildman–Crippen MR) is 235 cm³/mol. The fourth-order valence-corrected chi connectivity index (χ4v) is 7.79. The van der Waals surface area contributed by atoms with Crippen LogP contribution in [0.3, 0.4) is 0 Å². The van der Waals surface area contributed by atoms with Crippen molar-refractivity contribution in [3.63, 3.8) is 0 Å². The quantitative estimate of drug-likeness (QED) is 0.0380. The second-order valence-electron chi connectivity index (χ2n) is 17.7. The second kappa shape index (κ2) is 27.7. The van der Waals surface area contributed by atoms with Crippen LogP contribution < -0.4 is 0 Å². The number of hydrogen-bond donors (Lipinski definition) is 8. The Labute approximate surface area is 391 Å². The monoisotopic (exact) mass is 956 g/mol. The Kier molecular flexibility index (Phi) is 23.2. The minimum absolute atomic E-state index is 0.0417. The molecule has 0 aliphatic carbocycles. The number of allylic oxidation sites excluding steroid dienone is 7. The van der Waals surface area contributed by atoms with E-state index in [1.165, 1.54) is 11.1 Å². The summed E-state index contributed by atoms with van der Waals surface area (Å²) < 4.78 is 50.8. The Morgan fingerprint density at radius 2 is 1.12 bits per heavy atom. The molecule has 0 aromatic carbocycles. The molecule has 4 rings (SSSR count). The van der Waals surface area contributed by atoms with E-state index in [1.807, 2.05) is 13.8 Å². The van der Waals surface area contributed by atoms with E-state index in [1.54, 1.807) is 6.08 Å². The van der Waals surface area contributed by atoms with Gasteiger partial charge in [0.25, 0.3) is 0 Å². The molecule has 15 atom stereocenters. The number of esters is 3. The molecule has 8 N–H and O–H groups in total. The average Bonchev–Trinajstić information content (AvgIpc) is 3.70. The molecule has 20 heteroatoms. The maximum absolute atomic E-state index is 11.7. The van der Waals surface area contributed by atoms with Crippen LogP contribution in [-0.4, -0.2) is 184 Å². The van der Waals surface area contributed by atoms with Gasteiger partial charge in [-0.15, -0.1) is 0 Å². The lowest BCUT2D eigenvalue weighted by Gasteiger charge is -2.48. The molecular weight excluding hydrogens is 884 g/mol. The van der Waals surface area contributed by atoms with Crippen molar-refractivity contribution in [2.75, 3.05) is 33.0 Å². The highest BCUT2D eigenvalue weighted by atomic mass is 16.8. The van der Waals surface area contributed by atoms with E-state index in [-0.39, 0.29) is 12.6 Å². The fraction of sp³-hybridized carbons (Fsp3) is 0.723. The zero-order chi connectivity index (χ0) is 49.4. The third kappa shape index (κ3) is 17.5. The van der Waals surface area contributed by atoms with E-state index >= 15 is 0 Å². The van der Waals surface area contributed by atoms with Crippen molar-refractivity contribution >= 4 is 17.9 Å². The smallest absolute Gasteiger partial charge is 0.331 e. The van der Waals surface area contributed by atoms with E-state index in [9.17, 15) is 55.2 Å². The van der Waals surface area contributed by atoms with Gasteiger partial charge in [0.05, 0.1) is 13.2 Å². The lowest BCUT2D eigenvalue weighted by atomic mass is 9.96. The Hall–Kier alpha value is -3.45. The predicted octanol–water partition coefficient (Wildman–Crippen LogP) is 0.982. The normalized spacial score (nSPS) is 34.1. The SMILES string of the molecule is CC(=O)OC[C@H]1O[C@@H](O[C@H]2[C@H](O[C@H]3[C@H](OC/C(=C\CC/C(C)=C/CC/C(C)=C/CCC4=CC(=O)OC4)CCC=C(C)C)O[C@H](CO)[C@@H](O)[C@@H]3O)O[C@H](COC(C)=O)[C@@H](O)[C@@H]2O)[C@H](O)[C@@H](O)[C@@H]1O. The van der Waals surface area contributed by atoms with Crippen LogP contribution in [0, 0.1) is 0 Å². The number of ether oxygens (including phenoxy) is 9. The number of carbonyl (C=O) groups excluding carboxylic acids is 3. The number of carbonyl (C=O) groups is 3. The minimum atomic E-state index is -1.97. The molecule has 4 heterocycles. The molecule has 67 heavy (non-hydrogen) atoms. The number of hydrogen-bond acceptors (Lipinski definition) is 20. The number of aliphatic hydroxyl groups excluding tert-OH is 8. The van der Waals surface area contributed by atoms with E-state index in [0.717, 1.165) is 62.7 Å². The summed E-state index contributed by atoms with van der Waals surface area (Å²) in [6.45, 7) is 8.81. The summed E-state index contributed by atoms with van der Waals surface area (Å²) in [6.07, 6.45) is -9.68. The molecule has 4 aliphatic heterocycles. The second-order valence-corrected chi connectivity index (χ2v) is 17.7. The highest BCUT2D eigenvalue weighted by Crippen LogP contribution is 2.34. The number of rotatable bonds is 24. The molecule has 0 spiro atoms. The fourth-order valence-electron chi connectivity index (χ4n) is 7.79. The highest BCUT2D eigenvalue weighted by molar-refractivity contribution is 5.85. The zero-order valence-electron chi connectivity index (χ0n) is 39.2. The first kappa shape index (κ1) is 56.1. The van der Waals surface area contributed by atoms with Crippen molar-refractivity contribution < 1.29 is 97.9 Å². The Bertz CT molecular complexity index is 1750. The van der Waals surface area contributed by atoms with Crippen molar-refractivity contribution in [1.82, 2.24) is 0 Å². The largest absolute Gasteiger partial charge is 0.463 e. The van der Waals surface area contributed by atoms with E-state index in [0.29, 0.717) is 25.9 Å². The molecule has 3 saturated heterocycles. The molecule has 0 aromatic rings. The molecule has 0 bridgehead atoms. The lowest BCUT2D eigenvalue weighted by Crippen LogP contribution is -2.67. The first-order valence-electron chi connectivity index (χ1n) is 22.8. The summed E-state index contributed by atoms with van der Waals surface area (Å²) in [6, 6.07) is 0. The van der Waals surface area contributed by atoms with Crippen LogP contribution in [0.15, 0.2) is 58.2 Å². The van der Waals surface area contributed by atoms with Gasteiger partial charge in [-0.1, -0.05) is 41.0 Å². The van der Waals surface area contributed by atoms with Gasteiger partial charge in [-0.05, 0) is 90.2 Å². The molecule has 380 valence electrons.